The normalized spacial score (nSPS) is 26.2. The SMILES string of the molecule is CCOC(=O)C1=C(C(=O)OCC)[C@H]2CCC1C2. The van der Waals surface area contributed by atoms with Gasteiger partial charge in [-0.25, -0.2) is 9.59 Å². The quantitative estimate of drug-likeness (QED) is 0.701. The number of esters is 2. The second-order valence-corrected chi connectivity index (χ2v) is 4.48. The van der Waals surface area contributed by atoms with Crippen molar-refractivity contribution < 1.29 is 19.1 Å². The van der Waals surface area contributed by atoms with Gasteiger partial charge in [0, 0.05) is 0 Å². The van der Waals surface area contributed by atoms with Gasteiger partial charge in [0.05, 0.1) is 24.4 Å². The van der Waals surface area contributed by atoms with Crippen LogP contribution < -0.4 is 0 Å². The lowest BCUT2D eigenvalue weighted by molar-refractivity contribution is -0.142. The number of rotatable bonds is 4. The molecule has 0 heterocycles. The molecule has 1 saturated carbocycles. The monoisotopic (exact) mass is 238 g/mol. The van der Waals surface area contributed by atoms with Gasteiger partial charge in [-0.2, -0.15) is 0 Å². The van der Waals surface area contributed by atoms with Crippen LogP contribution in [0.3, 0.4) is 0 Å². The van der Waals surface area contributed by atoms with Gasteiger partial charge >= 0.3 is 11.9 Å². The minimum atomic E-state index is -0.331. The summed E-state index contributed by atoms with van der Waals surface area (Å²) in [6, 6.07) is 0. The van der Waals surface area contributed by atoms with E-state index in [-0.39, 0.29) is 23.8 Å². The Hall–Kier alpha value is -1.32. The molecule has 0 N–H and O–H groups in total. The first-order valence-electron chi connectivity index (χ1n) is 6.27. The molecule has 0 aromatic carbocycles. The number of fused-ring (bicyclic) bond motifs is 2. The number of carbonyl (C=O) groups excluding carboxylic acids is 2. The number of ether oxygens (including phenoxy) is 2. The van der Waals surface area contributed by atoms with Crippen LogP contribution >= 0.6 is 0 Å². The fraction of sp³-hybridized carbons (Fsp3) is 0.692. The molecule has 4 nitrogen and oxygen atoms in total. The second kappa shape index (κ2) is 4.90. The van der Waals surface area contributed by atoms with Gasteiger partial charge in [0.15, 0.2) is 0 Å². The van der Waals surface area contributed by atoms with Gasteiger partial charge in [0.25, 0.3) is 0 Å². The van der Waals surface area contributed by atoms with E-state index in [9.17, 15) is 9.59 Å². The highest BCUT2D eigenvalue weighted by atomic mass is 16.5. The lowest BCUT2D eigenvalue weighted by atomic mass is 9.92. The molecule has 2 aliphatic rings. The zero-order valence-electron chi connectivity index (χ0n) is 10.3. The average Bonchev–Trinajstić information content (AvgIpc) is 2.89. The third-order valence-corrected chi connectivity index (χ3v) is 3.53. The Bertz CT molecular complexity index is 336. The first-order chi connectivity index (χ1) is 8.19. The number of carbonyl (C=O) groups is 2. The molecule has 17 heavy (non-hydrogen) atoms. The number of hydrogen-bond donors (Lipinski definition) is 0. The van der Waals surface area contributed by atoms with E-state index in [4.69, 9.17) is 9.47 Å². The van der Waals surface area contributed by atoms with Gasteiger partial charge in [-0.1, -0.05) is 0 Å². The molecule has 0 aromatic heterocycles. The van der Waals surface area contributed by atoms with E-state index in [1.807, 2.05) is 0 Å². The molecule has 2 rings (SSSR count). The van der Waals surface area contributed by atoms with Crippen LogP contribution in [0.2, 0.25) is 0 Å². The maximum atomic E-state index is 11.9. The van der Waals surface area contributed by atoms with Crippen molar-refractivity contribution in [3.8, 4) is 0 Å². The molecule has 1 fully saturated rings. The Morgan fingerprint density at radius 1 is 1.00 bits per heavy atom. The molecule has 2 atom stereocenters. The molecule has 0 saturated heterocycles. The summed E-state index contributed by atoms with van der Waals surface area (Å²) in [4.78, 5) is 23.7. The molecule has 0 amide bonds. The van der Waals surface area contributed by atoms with Crippen LogP contribution in [0.4, 0.5) is 0 Å². The van der Waals surface area contributed by atoms with Crippen molar-refractivity contribution in [3.63, 3.8) is 0 Å². The van der Waals surface area contributed by atoms with Crippen LogP contribution in [-0.2, 0) is 19.1 Å². The van der Waals surface area contributed by atoms with Crippen molar-refractivity contribution in [2.45, 2.75) is 33.1 Å². The molecule has 2 aliphatic carbocycles. The molecule has 2 bridgehead atoms. The van der Waals surface area contributed by atoms with Crippen LogP contribution in [-0.4, -0.2) is 25.2 Å². The highest BCUT2D eigenvalue weighted by molar-refractivity contribution is 6.02. The molecule has 1 unspecified atom stereocenters. The van der Waals surface area contributed by atoms with Crippen molar-refractivity contribution in [3.05, 3.63) is 11.1 Å². The van der Waals surface area contributed by atoms with E-state index in [1.165, 1.54) is 0 Å². The first-order valence-corrected chi connectivity index (χ1v) is 6.27. The van der Waals surface area contributed by atoms with E-state index in [1.54, 1.807) is 13.8 Å². The highest BCUT2D eigenvalue weighted by Crippen LogP contribution is 2.49. The van der Waals surface area contributed by atoms with Crippen LogP contribution in [0.5, 0.6) is 0 Å². The largest absolute Gasteiger partial charge is 0.463 e. The Morgan fingerprint density at radius 3 is 1.76 bits per heavy atom. The van der Waals surface area contributed by atoms with E-state index in [0.29, 0.717) is 24.4 Å². The predicted octanol–water partition coefficient (Wildman–Crippen LogP) is 1.84. The van der Waals surface area contributed by atoms with Crippen LogP contribution in [0.15, 0.2) is 11.1 Å². The van der Waals surface area contributed by atoms with Crippen molar-refractivity contribution in [2.75, 3.05) is 13.2 Å². The maximum Gasteiger partial charge on any atom is 0.334 e. The molecular weight excluding hydrogens is 220 g/mol. The summed E-state index contributed by atoms with van der Waals surface area (Å²) in [5, 5.41) is 0. The molecular formula is C13H18O4. The van der Waals surface area contributed by atoms with Crippen LogP contribution in [0, 0.1) is 11.8 Å². The third kappa shape index (κ3) is 2.08. The van der Waals surface area contributed by atoms with Gasteiger partial charge in [-0.3, -0.25) is 0 Å². The van der Waals surface area contributed by atoms with E-state index in [0.717, 1.165) is 19.3 Å². The Kier molecular flexibility index (Phi) is 3.50. The van der Waals surface area contributed by atoms with Gasteiger partial charge in [-0.15, -0.1) is 0 Å². The first kappa shape index (κ1) is 12.1. The Morgan fingerprint density at radius 2 is 1.41 bits per heavy atom. The van der Waals surface area contributed by atoms with E-state index in [2.05, 4.69) is 0 Å². The number of hydrogen-bond acceptors (Lipinski definition) is 4. The van der Waals surface area contributed by atoms with Crippen molar-refractivity contribution >= 4 is 11.9 Å². The fourth-order valence-corrected chi connectivity index (χ4v) is 2.92. The lowest BCUT2D eigenvalue weighted by Crippen LogP contribution is -2.21. The predicted molar refractivity (Wildman–Crippen MR) is 61.1 cm³/mol. The lowest BCUT2D eigenvalue weighted by Gasteiger charge is -2.17. The minimum absolute atomic E-state index is 0.207. The van der Waals surface area contributed by atoms with Crippen molar-refractivity contribution in [1.82, 2.24) is 0 Å². The fourth-order valence-electron chi connectivity index (χ4n) is 2.92. The molecule has 0 radical (unpaired) electrons. The van der Waals surface area contributed by atoms with Crippen LogP contribution in [0.1, 0.15) is 33.1 Å². The minimum Gasteiger partial charge on any atom is -0.463 e. The smallest absolute Gasteiger partial charge is 0.334 e. The van der Waals surface area contributed by atoms with Gasteiger partial charge in [-0.05, 0) is 44.9 Å². The van der Waals surface area contributed by atoms with Crippen molar-refractivity contribution in [1.29, 1.82) is 0 Å². The Labute approximate surface area is 101 Å². The summed E-state index contributed by atoms with van der Waals surface area (Å²) in [5.41, 5.74) is 1.17. The zero-order chi connectivity index (χ0) is 12.4. The second-order valence-electron chi connectivity index (χ2n) is 4.48. The molecule has 0 aromatic rings. The zero-order valence-corrected chi connectivity index (χ0v) is 10.3. The van der Waals surface area contributed by atoms with Gasteiger partial charge in [0.2, 0.25) is 0 Å². The summed E-state index contributed by atoms with van der Waals surface area (Å²) in [5.74, 6) is -0.248. The standard InChI is InChI=1S/C13H18O4/c1-3-16-12(14)10-8-5-6-9(7-8)11(10)13(15)17-4-2/h8-9H,3-7H2,1-2H3/t8-,9?/m0/s1. The summed E-state index contributed by atoms with van der Waals surface area (Å²) in [7, 11) is 0. The summed E-state index contributed by atoms with van der Waals surface area (Å²) in [6.07, 6.45) is 2.88. The maximum absolute atomic E-state index is 11.9. The van der Waals surface area contributed by atoms with Gasteiger partial charge < -0.3 is 9.47 Å². The van der Waals surface area contributed by atoms with Gasteiger partial charge in [0.1, 0.15) is 0 Å². The topological polar surface area (TPSA) is 52.6 Å². The average molecular weight is 238 g/mol. The molecule has 94 valence electrons. The van der Waals surface area contributed by atoms with E-state index >= 15 is 0 Å². The van der Waals surface area contributed by atoms with Crippen LogP contribution in [0.25, 0.3) is 0 Å². The molecule has 4 heteroatoms. The summed E-state index contributed by atoms with van der Waals surface area (Å²) < 4.78 is 10.1. The highest BCUT2D eigenvalue weighted by Gasteiger charge is 2.45. The molecule has 0 spiro atoms. The van der Waals surface area contributed by atoms with E-state index < -0.39 is 0 Å². The summed E-state index contributed by atoms with van der Waals surface area (Å²) >= 11 is 0. The third-order valence-electron chi connectivity index (χ3n) is 3.53. The van der Waals surface area contributed by atoms with Crippen molar-refractivity contribution in [2.24, 2.45) is 11.8 Å². The Balaban J connectivity index is 2.27. The molecule has 0 aliphatic heterocycles. The summed E-state index contributed by atoms with van der Waals surface area (Å²) in [6.45, 7) is 4.23.